The highest BCUT2D eigenvalue weighted by molar-refractivity contribution is 5.93. The lowest BCUT2D eigenvalue weighted by molar-refractivity contribution is 0.0554. The van der Waals surface area contributed by atoms with Crippen LogP contribution < -0.4 is 4.74 Å². The van der Waals surface area contributed by atoms with Gasteiger partial charge in [0.2, 0.25) is 0 Å². The molecule has 2 fully saturated rings. The molecule has 2 aliphatic rings. The Morgan fingerprint density at radius 2 is 2.00 bits per heavy atom. The zero-order valence-corrected chi connectivity index (χ0v) is 16.0. The molecular weight excluding hydrogens is 340 g/mol. The van der Waals surface area contributed by atoms with Crippen molar-refractivity contribution in [3.05, 3.63) is 36.0 Å². The van der Waals surface area contributed by atoms with Crippen LogP contribution >= 0.6 is 0 Å². The molecule has 27 heavy (non-hydrogen) atoms. The number of aromatic nitrogens is 2. The average Bonchev–Trinajstić information content (AvgIpc) is 3.40. The number of carbonyl (C=O) groups is 1. The summed E-state index contributed by atoms with van der Waals surface area (Å²) in [7, 11) is 1.65. The van der Waals surface area contributed by atoms with Gasteiger partial charge in [0.25, 0.3) is 5.91 Å². The van der Waals surface area contributed by atoms with E-state index in [1.165, 1.54) is 32.4 Å². The van der Waals surface area contributed by atoms with Gasteiger partial charge in [0.15, 0.2) is 0 Å². The molecular formula is C21H28N4O2. The molecule has 0 radical (unpaired) electrons. The number of rotatable bonds is 5. The smallest absolute Gasteiger partial charge is 0.272 e. The Morgan fingerprint density at radius 3 is 2.81 bits per heavy atom. The van der Waals surface area contributed by atoms with Gasteiger partial charge in [0.05, 0.1) is 12.8 Å². The summed E-state index contributed by atoms with van der Waals surface area (Å²) in [4.78, 5) is 17.7. The van der Waals surface area contributed by atoms with Gasteiger partial charge in [-0.25, -0.2) is 0 Å². The van der Waals surface area contributed by atoms with Gasteiger partial charge in [-0.2, -0.15) is 5.10 Å². The molecule has 0 aliphatic carbocycles. The number of likely N-dealkylation sites (tertiary alicyclic amines) is 2. The maximum atomic E-state index is 13.2. The van der Waals surface area contributed by atoms with Crippen LogP contribution in [0.3, 0.4) is 0 Å². The summed E-state index contributed by atoms with van der Waals surface area (Å²) in [5, 5.41) is 7.32. The van der Waals surface area contributed by atoms with Crippen molar-refractivity contribution < 1.29 is 9.53 Å². The molecule has 1 N–H and O–H groups in total. The van der Waals surface area contributed by atoms with Crippen LogP contribution in [0.15, 0.2) is 30.3 Å². The Kier molecular flexibility index (Phi) is 5.43. The van der Waals surface area contributed by atoms with Crippen LogP contribution in [0.2, 0.25) is 0 Å². The van der Waals surface area contributed by atoms with Crippen molar-refractivity contribution in [1.29, 1.82) is 0 Å². The fraction of sp³-hybridized carbons (Fsp3) is 0.524. The number of hydrogen-bond acceptors (Lipinski definition) is 4. The first-order valence-electron chi connectivity index (χ1n) is 9.98. The van der Waals surface area contributed by atoms with Crippen molar-refractivity contribution in [3.63, 3.8) is 0 Å². The van der Waals surface area contributed by atoms with E-state index < -0.39 is 0 Å². The molecule has 0 bridgehead atoms. The Hall–Kier alpha value is -2.34. The van der Waals surface area contributed by atoms with Gasteiger partial charge in [0.1, 0.15) is 11.4 Å². The normalized spacial score (nSPS) is 20.8. The number of ether oxygens (including phenoxy) is 1. The van der Waals surface area contributed by atoms with Gasteiger partial charge in [-0.05, 0) is 63.4 Å². The number of carbonyl (C=O) groups excluding carboxylic acids is 1. The predicted molar refractivity (Wildman–Crippen MR) is 105 cm³/mol. The SMILES string of the molecule is COc1cccc(-c2cc(C(=O)N3CCCC[C@H]3CN3CCCC3)[nH]n2)c1. The number of piperidine rings is 1. The van der Waals surface area contributed by atoms with E-state index in [4.69, 9.17) is 4.74 Å². The summed E-state index contributed by atoms with van der Waals surface area (Å²) in [6.07, 6.45) is 5.95. The number of hydrogen-bond donors (Lipinski definition) is 1. The lowest BCUT2D eigenvalue weighted by Gasteiger charge is -2.37. The second-order valence-electron chi connectivity index (χ2n) is 7.55. The van der Waals surface area contributed by atoms with Gasteiger partial charge in [-0.3, -0.25) is 9.89 Å². The standard InChI is InChI=1S/C21H28N4O2/c1-27-18-9-6-7-16(13-18)19-14-20(23-22-19)21(26)25-12-3-2-8-17(25)15-24-10-4-5-11-24/h6-7,9,13-14,17H,2-5,8,10-12,15H2,1H3,(H,22,23)/t17-/m0/s1. The molecule has 3 heterocycles. The van der Waals surface area contributed by atoms with E-state index in [-0.39, 0.29) is 5.91 Å². The Bertz CT molecular complexity index is 782. The Balaban J connectivity index is 1.50. The first-order chi connectivity index (χ1) is 13.2. The quantitative estimate of drug-likeness (QED) is 0.881. The third kappa shape index (κ3) is 4.00. The topological polar surface area (TPSA) is 61.5 Å². The zero-order chi connectivity index (χ0) is 18.6. The van der Waals surface area contributed by atoms with Crippen molar-refractivity contribution in [2.75, 3.05) is 33.3 Å². The minimum absolute atomic E-state index is 0.0699. The molecule has 0 spiro atoms. The first kappa shape index (κ1) is 18.0. The minimum Gasteiger partial charge on any atom is -0.497 e. The Labute approximate surface area is 160 Å². The second-order valence-corrected chi connectivity index (χ2v) is 7.55. The molecule has 144 valence electrons. The van der Waals surface area contributed by atoms with E-state index in [1.807, 2.05) is 30.3 Å². The molecule has 2 saturated heterocycles. The maximum absolute atomic E-state index is 13.2. The van der Waals surface area contributed by atoms with Gasteiger partial charge < -0.3 is 14.5 Å². The third-order valence-electron chi connectivity index (χ3n) is 5.73. The first-order valence-corrected chi connectivity index (χ1v) is 9.98. The number of methoxy groups -OCH3 is 1. The largest absolute Gasteiger partial charge is 0.497 e. The van der Waals surface area contributed by atoms with Crippen LogP contribution in [-0.2, 0) is 0 Å². The second kappa shape index (κ2) is 8.13. The van der Waals surface area contributed by atoms with Crippen LogP contribution in [0.1, 0.15) is 42.6 Å². The van der Waals surface area contributed by atoms with Crippen molar-refractivity contribution in [2.45, 2.75) is 38.1 Å². The molecule has 1 aromatic carbocycles. The number of amides is 1. The zero-order valence-electron chi connectivity index (χ0n) is 16.0. The highest BCUT2D eigenvalue weighted by Crippen LogP contribution is 2.25. The molecule has 1 atom stereocenters. The van der Waals surface area contributed by atoms with Gasteiger partial charge in [-0.15, -0.1) is 0 Å². The van der Waals surface area contributed by atoms with E-state index in [2.05, 4.69) is 20.0 Å². The molecule has 1 amide bonds. The van der Waals surface area contributed by atoms with Crippen LogP contribution in [0.25, 0.3) is 11.3 Å². The molecule has 4 rings (SSSR count). The fourth-order valence-corrected chi connectivity index (χ4v) is 4.24. The van der Waals surface area contributed by atoms with E-state index in [0.29, 0.717) is 11.7 Å². The summed E-state index contributed by atoms with van der Waals surface area (Å²) >= 11 is 0. The molecule has 6 nitrogen and oxygen atoms in total. The summed E-state index contributed by atoms with van der Waals surface area (Å²) in [6.45, 7) is 4.18. The average molecular weight is 368 g/mol. The van der Waals surface area contributed by atoms with Crippen molar-refractivity contribution in [3.8, 4) is 17.0 Å². The molecule has 2 aliphatic heterocycles. The number of nitrogens with one attached hydrogen (secondary N) is 1. The van der Waals surface area contributed by atoms with Crippen LogP contribution in [-0.4, -0.2) is 65.2 Å². The molecule has 1 aromatic heterocycles. The fourth-order valence-electron chi connectivity index (χ4n) is 4.24. The minimum atomic E-state index is 0.0699. The van der Waals surface area contributed by atoms with Gasteiger partial charge >= 0.3 is 0 Å². The predicted octanol–water partition coefficient (Wildman–Crippen LogP) is 3.18. The molecule has 0 saturated carbocycles. The van der Waals surface area contributed by atoms with E-state index in [9.17, 15) is 4.79 Å². The summed E-state index contributed by atoms with van der Waals surface area (Å²) in [5.41, 5.74) is 2.28. The summed E-state index contributed by atoms with van der Waals surface area (Å²) in [6, 6.07) is 9.91. The molecule has 6 heteroatoms. The van der Waals surface area contributed by atoms with Gasteiger partial charge in [0, 0.05) is 24.7 Å². The van der Waals surface area contributed by atoms with Crippen molar-refractivity contribution in [2.24, 2.45) is 0 Å². The lowest BCUT2D eigenvalue weighted by Crippen LogP contribution is -2.49. The number of aromatic amines is 1. The van der Waals surface area contributed by atoms with Crippen molar-refractivity contribution >= 4 is 5.91 Å². The number of nitrogens with zero attached hydrogens (tertiary/aromatic N) is 3. The Morgan fingerprint density at radius 1 is 1.19 bits per heavy atom. The molecule has 0 unspecified atom stereocenters. The van der Waals surface area contributed by atoms with Crippen LogP contribution in [0.4, 0.5) is 0 Å². The maximum Gasteiger partial charge on any atom is 0.272 e. The van der Waals surface area contributed by atoms with Crippen LogP contribution in [0, 0.1) is 0 Å². The number of H-pyrrole nitrogens is 1. The third-order valence-corrected chi connectivity index (χ3v) is 5.73. The number of benzene rings is 1. The summed E-state index contributed by atoms with van der Waals surface area (Å²) < 4.78 is 5.29. The highest BCUT2D eigenvalue weighted by atomic mass is 16.5. The summed E-state index contributed by atoms with van der Waals surface area (Å²) in [5.74, 6) is 0.852. The van der Waals surface area contributed by atoms with Crippen molar-refractivity contribution in [1.82, 2.24) is 20.0 Å². The van der Waals surface area contributed by atoms with E-state index in [1.54, 1.807) is 7.11 Å². The van der Waals surface area contributed by atoms with E-state index >= 15 is 0 Å². The monoisotopic (exact) mass is 368 g/mol. The van der Waals surface area contributed by atoms with Crippen LogP contribution in [0.5, 0.6) is 5.75 Å². The van der Waals surface area contributed by atoms with Gasteiger partial charge in [-0.1, -0.05) is 12.1 Å². The van der Waals surface area contributed by atoms with E-state index in [0.717, 1.165) is 42.9 Å². The highest BCUT2D eigenvalue weighted by Gasteiger charge is 2.30. The lowest BCUT2D eigenvalue weighted by atomic mass is 10.0. The molecule has 2 aromatic rings.